The fourth-order valence-corrected chi connectivity index (χ4v) is 1.78. The van der Waals surface area contributed by atoms with Crippen LogP contribution >= 0.6 is 0 Å². The van der Waals surface area contributed by atoms with Gasteiger partial charge in [-0.3, -0.25) is 9.59 Å². The SMILES string of the molecule is CCC(CC)N(C)C(=O)c1cc[nH]c(=O)c1. The predicted octanol–water partition coefficient (Wildman–Crippen LogP) is 1.64. The van der Waals surface area contributed by atoms with Crippen LogP contribution in [0.1, 0.15) is 37.0 Å². The Morgan fingerprint density at radius 2 is 2.06 bits per heavy atom. The van der Waals surface area contributed by atoms with Gasteiger partial charge in [-0.2, -0.15) is 0 Å². The lowest BCUT2D eigenvalue weighted by Crippen LogP contribution is -2.36. The summed E-state index contributed by atoms with van der Waals surface area (Å²) in [7, 11) is 1.78. The molecule has 0 radical (unpaired) electrons. The minimum Gasteiger partial charge on any atom is -0.339 e. The van der Waals surface area contributed by atoms with E-state index in [9.17, 15) is 9.59 Å². The molecule has 1 rings (SSSR count). The van der Waals surface area contributed by atoms with Crippen molar-refractivity contribution >= 4 is 5.91 Å². The van der Waals surface area contributed by atoms with Gasteiger partial charge in [-0.05, 0) is 18.9 Å². The number of pyridine rings is 1. The monoisotopic (exact) mass is 222 g/mol. The van der Waals surface area contributed by atoms with E-state index in [4.69, 9.17) is 0 Å². The Morgan fingerprint density at radius 1 is 1.44 bits per heavy atom. The van der Waals surface area contributed by atoms with Crippen LogP contribution in [0.2, 0.25) is 0 Å². The van der Waals surface area contributed by atoms with Crippen LogP contribution in [0.5, 0.6) is 0 Å². The van der Waals surface area contributed by atoms with Crippen molar-refractivity contribution in [2.24, 2.45) is 0 Å². The number of nitrogens with zero attached hydrogens (tertiary/aromatic N) is 1. The molecule has 88 valence electrons. The number of H-pyrrole nitrogens is 1. The Morgan fingerprint density at radius 3 is 2.56 bits per heavy atom. The Bertz CT molecular complexity index is 407. The Hall–Kier alpha value is -1.58. The van der Waals surface area contributed by atoms with E-state index >= 15 is 0 Å². The summed E-state index contributed by atoms with van der Waals surface area (Å²) in [5, 5.41) is 0. The molecule has 16 heavy (non-hydrogen) atoms. The van der Waals surface area contributed by atoms with Gasteiger partial charge in [0.15, 0.2) is 0 Å². The fraction of sp³-hybridized carbons (Fsp3) is 0.500. The highest BCUT2D eigenvalue weighted by molar-refractivity contribution is 5.94. The van der Waals surface area contributed by atoms with Gasteiger partial charge >= 0.3 is 0 Å². The van der Waals surface area contributed by atoms with Gasteiger partial charge in [0.1, 0.15) is 0 Å². The molecule has 1 amide bonds. The van der Waals surface area contributed by atoms with Crippen molar-refractivity contribution in [1.29, 1.82) is 0 Å². The zero-order chi connectivity index (χ0) is 12.1. The Kier molecular flexibility index (Phi) is 4.28. The topological polar surface area (TPSA) is 53.2 Å². The van der Waals surface area contributed by atoms with E-state index in [2.05, 4.69) is 18.8 Å². The molecule has 0 atom stereocenters. The molecule has 0 aromatic carbocycles. The lowest BCUT2D eigenvalue weighted by Gasteiger charge is -2.26. The molecule has 0 unspecified atom stereocenters. The van der Waals surface area contributed by atoms with Crippen LogP contribution in [0.4, 0.5) is 0 Å². The molecule has 1 aromatic rings. The number of carbonyl (C=O) groups is 1. The van der Waals surface area contributed by atoms with Crippen LogP contribution in [-0.4, -0.2) is 28.9 Å². The molecule has 0 bridgehead atoms. The first-order valence-corrected chi connectivity index (χ1v) is 5.56. The number of amides is 1. The predicted molar refractivity (Wildman–Crippen MR) is 63.5 cm³/mol. The quantitative estimate of drug-likeness (QED) is 0.842. The summed E-state index contributed by atoms with van der Waals surface area (Å²) >= 11 is 0. The maximum absolute atomic E-state index is 12.0. The third-order valence-corrected chi connectivity index (χ3v) is 2.83. The van der Waals surface area contributed by atoms with Crippen molar-refractivity contribution in [2.45, 2.75) is 32.7 Å². The van der Waals surface area contributed by atoms with E-state index in [-0.39, 0.29) is 17.5 Å². The van der Waals surface area contributed by atoms with Crippen molar-refractivity contribution in [1.82, 2.24) is 9.88 Å². The molecule has 4 nitrogen and oxygen atoms in total. The summed E-state index contributed by atoms with van der Waals surface area (Å²) in [6, 6.07) is 3.19. The highest BCUT2D eigenvalue weighted by Gasteiger charge is 2.18. The lowest BCUT2D eigenvalue weighted by atomic mass is 10.1. The van der Waals surface area contributed by atoms with Crippen molar-refractivity contribution in [3.05, 3.63) is 34.2 Å². The summed E-state index contributed by atoms with van der Waals surface area (Å²) in [4.78, 5) is 27.3. The molecule has 1 aromatic heterocycles. The van der Waals surface area contributed by atoms with Crippen LogP contribution in [0, 0.1) is 0 Å². The largest absolute Gasteiger partial charge is 0.339 e. The van der Waals surface area contributed by atoms with Gasteiger partial charge in [-0.1, -0.05) is 13.8 Å². The van der Waals surface area contributed by atoms with Crippen LogP contribution in [0.15, 0.2) is 23.1 Å². The van der Waals surface area contributed by atoms with E-state index in [1.54, 1.807) is 18.0 Å². The lowest BCUT2D eigenvalue weighted by molar-refractivity contribution is 0.0723. The van der Waals surface area contributed by atoms with Gasteiger partial charge < -0.3 is 9.88 Å². The first-order chi connectivity index (χ1) is 7.60. The molecule has 1 N–H and O–H groups in total. The highest BCUT2D eigenvalue weighted by Crippen LogP contribution is 2.09. The van der Waals surface area contributed by atoms with E-state index in [1.807, 2.05) is 0 Å². The van der Waals surface area contributed by atoms with Gasteiger partial charge in [-0.15, -0.1) is 0 Å². The van der Waals surface area contributed by atoms with Crippen LogP contribution < -0.4 is 5.56 Å². The molecule has 0 saturated carbocycles. The van der Waals surface area contributed by atoms with Gasteiger partial charge in [0.2, 0.25) is 5.56 Å². The molecule has 0 aliphatic rings. The van der Waals surface area contributed by atoms with E-state index in [0.717, 1.165) is 12.8 Å². The summed E-state index contributed by atoms with van der Waals surface area (Å²) < 4.78 is 0. The summed E-state index contributed by atoms with van der Waals surface area (Å²) in [5.41, 5.74) is 0.196. The number of hydrogen-bond acceptors (Lipinski definition) is 2. The molecular formula is C12H18N2O2. The van der Waals surface area contributed by atoms with E-state index in [0.29, 0.717) is 5.56 Å². The maximum atomic E-state index is 12.0. The molecule has 0 aliphatic carbocycles. The van der Waals surface area contributed by atoms with Crippen molar-refractivity contribution in [3.63, 3.8) is 0 Å². The summed E-state index contributed by atoms with van der Waals surface area (Å²) in [5.74, 6) is -0.0974. The first-order valence-electron chi connectivity index (χ1n) is 5.56. The number of hydrogen-bond donors (Lipinski definition) is 1. The molecule has 0 fully saturated rings. The number of aromatic nitrogens is 1. The van der Waals surface area contributed by atoms with Crippen molar-refractivity contribution in [2.75, 3.05) is 7.05 Å². The standard InChI is InChI=1S/C12H18N2O2/c1-4-10(5-2)14(3)12(16)9-6-7-13-11(15)8-9/h6-8,10H,4-5H2,1-3H3,(H,13,15). The first kappa shape index (κ1) is 12.5. The third kappa shape index (κ3) is 2.72. The molecular weight excluding hydrogens is 204 g/mol. The van der Waals surface area contributed by atoms with Gasteiger partial charge in [-0.25, -0.2) is 0 Å². The zero-order valence-electron chi connectivity index (χ0n) is 9.99. The second kappa shape index (κ2) is 5.49. The number of rotatable bonds is 4. The van der Waals surface area contributed by atoms with Gasteiger partial charge in [0, 0.05) is 30.9 Å². The van der Waals surface area contributed by atoms with Gasteiger partial charge in [0.05, 0.1) is 0 Å². The third-order valence-electron chi connectivity index (χ3n) is 2.83. The minimum atomic E-state index is -0.246. The Labute approximate surface area is 95.3 Å². The number of carbonyl (C=O) groups excluding carboxylic acids is 1. The molecule has 4 heteroatoms. The molecule has 0 saturated heterocycles. The summed E-state index contributed by atoms with van der Waals surface area (Å²) in [6.45, 7) is 4.10. The van der Waals surface area contributed by atoms with Crippen LogP contribution in [0.3, 0.4) is 0 Å². The average Bonchev–Trinajstić information content (AvgIpc) is 2.29. The number of nitrogens with one attached hydrogen (secondary N) is 1. The summed E-state index contributed by atoms with van der Waals surface area (Å²) in [6.07, 6.45) is 3.33. The molecule has 1 heterocycles. The normalized spacial score (nSPS) is 10.5. The second-order valence-electron chi connectivity index (χ2n) is 3.83. The van der Waals surface area contributed by atoms with E-state index < -0.39 is 0 Å². The van der Waals surface area contributed by atoms with Gasteiger partial charge in [0.25, 0.3) is 5.91 Å². The zero-order valence-corrected chi connectivity index (χ0v) is 9.99. The van der Waals surface area contributed by atoms with Crippen molar-refractivity contribution < 1.29 is 4.79 Å². The van der Waals surface area contributed by atoms with Crippen molar-refractivity contribution in [3.8, 4) is 0 Å². The second-order valence-corrected chi connectivity index (χ2v) is 3.83. The fourth-order valence-electron chi connectivity index (χ4n) is 1.78. The van der Waals surface area contributed by atoms with E-state index in [1.165, 1.54) is 12.3 Å². The number of aromatic amines is 1. The Balaban J connectivity index is 2.89. The van der Waals surface area contributed by atoms with Crippen LogP contribution in [0.25, 0.3) is 0 Å². The molecule has 0 aliphatic heterocycles. The van der Waals surface area contributed by atoms with Crippen LogP contribution in [-0.2, 0) is 0 Å². The highest BCUT2D eigenvalue weighted by atomic mass is 16.2. The molecule has 0 spiro atoms. The minimum absolute atomic E-state index is 0.0974. The maximum Gasteiger partial charge on any atom is 0.254 e. The smallest absolute Gasteiger partial charge is 0.254 e. The average molecular weight is 222 g/mol.